The smallest absolute Gasteiger partial charge is 0.148 e. The molecule has 20 heavy (non-hydrogen) atoms. The Kier molecular flexibility index (Phi) is 5.48. The molecule has 1 aromatic heterocycles. The van der Waals surface area contributed by atoms with Gasteiger partial charge >= 0.3 is 0 Å². The SMILES string of the molecule is CCc1nc(NN)c(C)c(NC2CCC(SC)CC2)n1. The van der Waals surface area contributed by atoms with E-state index >= 15 is 0 Å². The van der Waals surface area contributed by atoms with E-state index in [0.717, 1.165) is 34.7 Å². The van der Waals surface area contributed by atoms with Crippen molar-refractivity contribution in [3.63, 3.8) is 0 Å². The van der Waals surface area contributed by atoms with E-state index in [1.165, 1.54) is 25.7 Å². The van der Waals surface area contributed by atoms with Gasteiger partial charge in [-0.15, -0.1) is 0 Å². The Morgan fingerprint density at radius 1 is 1.20 bits per heavy atom. The van der Waals surface area contributed by atoms with Crippen molar-refractivity contribution in [1.82, 2.24) is 9.97 Å². The van der Waals surface area contributed by atoms with Crippen LogP contribution in [0.1, 0.15) is 44.0 Å². The molecule has 0 bridgehead atoms. The lowest BCUT2D eigenvalue weighted by Gasteiger charge is -2.29. The number of nitrogens with zero attached hydrogens (tertiary/aromatic N) is 2. The molecule has 6 heteroatoms. The standard InChI is InChI=1S/C14H25N5S/c1-4-12-17-13(9(2)14(18-12)19-15)16-10-5-7-11(20-3)8-6-10/h10-11H,4-8,15H2,1-3H3,(H2,16,17,18,19). The summed E-state index contributed by atoms with van der Waals surface area (Å²) in [6, 6.07) is 0.516. The van der Waals surface area contributed by atoms with Crippen molar-refractivity contribution in [3.8, 4) is 0 Å². The highest BCUT2D eigenvalue weighted by Crippen LogP contribution is 2.29. The average Bonchev–Trinajstić information content (AvgIpc) is 2.50. The Bertz CT molecular complexity index is 443. The normalized spacial score (nSPS) is 22.6. The van der Waals surface area contributed by atoms with Gasteiger partial charge in [0, 0.05) is 23.3 Å². The molecule has 1 aliphatic rings. The molecule has 0 atom stereocenters. The van der Waals surface area contributed by atoms with Crippen LogP contribution in [0.4, 0.5) is 11.6 Å². The number of aryl methyl sites for hydroxylation is 1. The fourth-order valence-corrected chi connectivity index (χ4v) is 3.38. The van der Waals surface area contributed by atoms with Crippen LogP contribution in [-0.2, 0) is 6.42 Å². The highest BCUT2D eigenvalue weighted by atomic mass is 32.2. The molecule has 5 nitrogen and oxygen atoms in total. The second-order valence-corrected chi connectivity index (χ2v) is 6.45. The summed E-state index contributed by atoms with van der Waals surface area (Å²) in [5, 5.41) is 4.41. The largest absolute Gasteiger partial charge is 0.367 e. The van der Waals surface area contributed by atoms with Gasteiger partial charge in [-0.05, 0) is 38.9 Å². The molecule has 0 saturated heterocycles. The number of anilines is 2. The molecule has 0 unspecified atom stereocenters. The van der Waals surface area contributed by atoms with Gasteiger partial charge in [0.05, 0.1) is 0 Å². The molecule has 0 aromatic carbocycles. The van der Waals surface area contributed by atoms with Gasteiger partial charge < -0.3 is 10.7 Å². The maximum atomic E-state index is 5.54. The van der Waals surface area contributed by atoms with Crippen molar-refractivity contribution in [2.45, 2.75) is 57.2 Å². The predicted octanol–water partition coefficient (Wildman–Crippen LogP) is 2.72. The van der Waals surface area contributed by atoms with Gasteiger partial charge in [-0.2, -0.15) is 11.8 Å². The molecule has 4 N–H and O–H groups in total. The minimum absolute atomic E-state index is 0.516. The number of hydrogen-bond donors (Lipinski definition) is 3. The van der Waals surface area contributed by atoms with E-state index in [-0.39, 0.29) is 0 Å². The zero-order chi connectivity index (χ0) is 14.5. The number of aromatic nitrogens is 2. The first kappa shape index (κ1) is 15.4. The van der Waals surface area contributed by atoms with Gasteiger partial charge in [-0.1, -0.05) is 6.92 Å². The average molecular weight is 295 g/mol. The first-order valence-electron chi connectivity index (χ1n) is 7.31. The molecule has 112 valence electrons. The van der Waals surface area contributed by atoms with Gasteiger partial charge in [0.1, 0.15) is 17.5 Å². The van der Waals surface area contributed by atoms with Crippen LogP contribution in [0.3, 0.4) is 0 Å². The van der Waals surface area contributed by atoms with E-state index in [2.05, 4.69) is 33.9 Å². The second kappa shape index (κ2) is 7.13. The fourth-order valence-electron chi connectivity index (χ4n) is 2.64. The maximum absolute atomic E-state index is 5.54. The summed E-state index contributed by atoms with van der Waals surface area (Å²) in [6.07, 6.45) is 8.00. The number of nitrogen functional groups attached to an aromatic ring is 1. The Hall–Kier alpha value is -1.01. The zero-order valence-electron chi connectivity index (χ0n) is 12.6. The van der Waals surface area contributed by atoms with E-state index < -0.39 is 0 Å². The van der Waals surface area contributed by atoms with Crippen LogP contribution in [-0.4, -0.2) is 27.5 Å². The van der Waals surface area contributed by atoms with Gasteiger partial charge in [0.15, 0.2) is 0 Å². The molecule has 1 fully saturated rings. The number of thioether (sulfide) groups is 1. The lowest BCUT2D eigenvalue weighted by atomic mass is 9.95. The summed E-state index contributed by atoms with van der Waals surface area (Å²) < 4.78 is 0. The van der Waals surface area contributed by atoms with Crippen molar-refractivity contribution < 1.29 is 0 Å². The highest BCUT2D eigenvalue weighted by molar-refractivity contribution is 7.99. The molecule has 0 amide bonds. The molecule has 1 heterocycles. The maximum Gasteiger partial charge on any atom is 0.148 e. The Morgan fingerprint density at radius 2 is 1.85 bits per heavy atom. The zero-order valence-corrected chi connectivity index (χ0v) is 13.4. The summed E-state index contributed by atoms with van der Waals surface area (Å²) >= 11 is 1.99. The van der Waals surface area contributed by atoms with Gasteiger partial charge in [-0.3, -0.25) is 0 Å². The van der Waals surface area contributed by atoms with Crippen LogP contribution in [0.15, 0.2) is 0 Å². The summed E-state index contributed by atoms with van der Waals surface area (Å²) in [6.45, 7) is 4.06. The van der Waals surface area contributed by atoms with Crippen LogP contribution in [0.2, 0.25) is 0 Å². The number of hydrazine groups is 1. The number of hydrogen-bond acceptors (Lipinski definition) is 6. The lowest BCUT2D eigenvalue weighted by Crippen LogP contribution is -2.28. The van der Waals surface area contributed by atoms with Gasteiger partial charge in [0.25, 0.3) is 0 Å². The molecule has 2 rings (SSSR count). The van der Waals surface area contributed by atoms with Gasteiger partial charge in [-0.25, -0.2) is 15.8 Å². The van der Waals surface area contributed by atoms with Crippen LogP contribution < -0.4 is 16.6 Å². The van der Waals surface area contributed by atoms with E-state index in [0.29, 0.717) is 6.04 Å². The third-order valence-electron chi connectivity index (χ3n) is 3.99. The van der Waals surface area contributed by atoms with E-state index in [1.54, 1.807) is 0 Å². The van der Waals surface area contributed by atoms with Gasteiger partial charge in [0.2, 0.25) is 0 Å². The summed E-state index contributed by atoms with van der Waals surface area (Å²) in [5.74, 6) is 8.01. The van der Waals surface area contributed by atoms with E-state index in [1.807, 2.05) is 18.7 Å². The summed E-state index contributed by atoms with van der Waals surface area (Å²) in [4.78, 5) is 9.01. The van der Waals surface area contributed by atoms with Crippen LogP contribution in [0.5, 0.6) is 0 Å². The number of nitrogens with two attached hydrogens (primary N) is 1. The molecule has 1 aromatic rings. The summed E-state index contributed by atoms with van der Waals surface area (Å²) in [7, 11) is 0. The first-order valence-corrected chi connectivity index (χ1v) is 8.60. The Balaban J connectivity index is 2.09. The monoisotopic (exact) mass is 295 g/mol. The Labute approximate surface area is 125 Å². The first-order chi connectivity index (χ1) is 9.67. The van der Waals surface area contributed by atoms with E-state index in [4.69, 9.17) is 5.84 Å². The van der Waals surface area contributed by atoms with Crippen molar-refractivity contribution in [2.75, 3.05) is 17.0 Å². The quantitative estimate of drug-likeness (QED) is 0.573. The molecule has 0 spiro atoms. The van der Waals surface area contributed by atoms with Crippen molar-refractivity contribution >= 4 is 23.4 Å². The number of rotatable bonds is 5. The minimum atomic E-state index is 0.516. The highest BCUT2D eigenvalue weighted by Gasteiger charge is 2.21. The second-order valence-electron chi connectivity index (χ2n) is 5.31. The van der Waals surface area contributed by atoms with Crippen molar-refractivity contribution in [1.29, 1.82) is 0 Å². The van der Waals surface area contributed by atoms with Crippen molar-refractivity contribution in [3.05, 3.63) is 11.4 Å². The topological polar surface area (TPSA) is 75.9 Å². The van der Waals surface area contributed by atoms with Crippen LogP contribution >= 0.6 is 11.8 Å². The van der Waals surface area contributed by atoms with E-state index in [9.17, 15) is 0 Å². The molecule has 0 aliphatic heterocycles. The molecular weight excluding hydrogens is 270 g/mol. The predicted molar refractivity (Wildman–Crippen MR) is 87.1 cm³/mol. The molecule has 1 saturated carbocycles. The fraction of sp³-hybridized carbons (Fsp3) is 0.714. The van der Waals surface area contributed by atoms with Crippen LogP contribution in [0, 0.1) is 6.92 Å². The molecule has 1 aliphatic carbocycles. The molecule has 0 radical (unpaired) electrons. The van der Waals surface area contributed by atoms with Crippen LogP contribution in [0.25, 0.3) is 0 Å². The summed E-state index contributed by atoms with van der Waals surface area (Å²) in [5.41, 5.74) is 3.67. The minimum Gasteiger partial charge on any atom is -0.367 e. The third-order valence-corrected chi connectivity index (χ3v) is 5.13. The van der Waals surface area contributed by atoms with Crippen molar-refractivity contribution in [2.24, 2.45) is 5.84 Å². The Morgan fingerprint density at radius 3 is 2.40 bits per heavy atom. The number of nitrogens with one attached hydrogen (secondary N) is 2. The third kappa shape index (κ3) is 3.55. The lowest BCUT2D eigenvalue weighted by molar-refractivity contribution is 0.472. The molecular formula is C14H25N5S.